The number of benzene rings is 3. The first-order valence-electron chi connectivity index (χ1n) is 10.9. The Hall–Kier alpha value is -3.45. The lowest BCUT2D eigenvalue weighted by molar-refractivity contribution is -0.120. The summed E-state index contributed by atoms with van der Waals surface area (Å²) < 4.78 is 15.5. The second-order valence-corrected chi connectivity index (χ2v) is 9.25. The van der Waals surface area contributed by atoms with E-state index in [4.69, 9.17) is 0 Å². The van der Waals surface area contributed by atoms with Crippen LogP contribution < -0.4 is 5.32 Å². The van der Waals surface area contributed by atoms with Gasteiger partial charge in [-0.3, -0.25) is 9.36 Å². The lowest BCUT2D eigenvalue weighted by atomic mass is 10.1. The molecule has 1 aliphatic rings. The first-order chi connectivity index (χ1) is 16.1. The molecule has 0 radical (unpaired) electrons. The second kappa shape index (κ2) is 9.19. The molecular weight excluding hydrogens is 435 g/mol. The molecule has 5 rings (SSSR count). The standard InChI is InChI=1S/C26H23FN4OS/c1-17-7-15-22(16-8-17)31-24(19-5-3-2-4-6-19)29-30-26(31)33-23(25(32)28-21-13-14-21)18-9-11-20(27)12-10-18/h2-12,15-16,21,23H,13-14H2,1H3,(H,28,32). The van der Waals surface area contributed by atoms with Gasteiger partial charge in [0.1, 0.15) is 11.1 Å². The monoisotopic (exact) mass is 458 g/mol. The van der Waals surface area contributed by atoms with E-state index in [1.165, 1.54) is 23.9 Å². The minimum Gasteiger partial charge on any atom is -0.352 e. The van der Waals surface area contributed by atoms with Crippen molar-refractivity contribution < 1.29 is 9.18 Å². The summed E-state index contributed by atoms with van der Waals surface area (Å²) in [6.45, 7) is 2.04. The molecule has 1 aliphatic carbocycles. The number of carbonyl (C=O) groups excluding carboxylic acids is 1. The Labute approximate surface area is 196 Å². The van der Waals surface area contributed by atoms with Crippen molar-refractivity contribution in [2.75, 3.05) is 0 Å². The molecule has 1 saturated carbocycles. The van der Waals surface area contributed by atoms with Crippen LogP contribution >= 0.6 is 11.8 Å². The summed E-state index contributed by atoms with van der Waals surface area (Å²) in [5.41, 5.74) is 3.71. The van der Waals surface area contributed by atoms with Gasteiger partial charge in [-0.05, 0) is 49.6 Å². The molecule has 1 unspecified atom stereocenters. The molecule has 0 spiro atoms. The fraction of sp³-hybridized carbons (Fsp3) is 0.192. The third kappa shape index (κ3) is 4.83. The first-order valence-corrected chi connectivity index (χ1v) is 11.8. The molecule has 7 heteroatoms. The van der Waals surface area contributed by atoms with Crippen molar-refractivity contribution in [1.82, 2.24) is 20.1 Å². The number of nitrogens with one attached hydrogen (secondary N) is 1. The minimum atomic E-state index is -0.580. The normalized spacial score (nSPS) is 14.1. The molecule has 4 aromatic rings. The average Bonchev–Trinajstić information content (AvgIpc) is 3.55. The summed E-state index contributed by atoms with van der Waals surface area (Å²) in [4.78, 5) is 13.2. The lowest BCUT2D eigenvalue weighted by Gasteiger charge is -2.18. The van der Waals surface area contributed by atoms with Gasteiger partial charge in [0.15, 0.2) is 11.0 Å². The topological polar surface area (TPSA) is 59.8 Å². The molecule has 1 heterocycles. The van der Waals surface area contributed by atoms with Crippen LogP contribution in [0.1, 0.15) is 29.2 Å². The summed E-state index contributed by atoms with van der Waals surface area (Å²) in [6, 6.07) is 24.3. The highest BCUT2D eigenvalue weighted by molar-refractivity contribution is 8.00. The maximum Gasteiger partial charge on any atom is 0.238 e. The summed E-state index contributed by atoms with van der Waals surface area (Å²) >= 11 is 1.32. The third-order valence-electron chi connectivity index (χ3n) is 5.52. The SMILES string of the molecule is Cc1ccc(-n2c(SC(C(=O)NC3CC3)c3ccc(F)cc3)nnc2-c2ccccc2)cc1. The number of nitrogens with zero attached hydrogens (tertiary/aromatic N) is 3. The molecule has 33 heavy (non-hydrogen) atoms. The molecule has 1 N–H and O–H groups in total. The maximum atomic E-state index is 13.6. The van der Waals surface area contributed by atoms with Crippen LogP contribution in [0.3, 0.4) is 0 Å². The predicted molar refractivity (Wildman–Crippen MR) is 128 cm³/mol. The van der Waals surface area contributed by atoms with Crippen LogP contribution in [-0.4, -0.2) is 26.7 Å². The van der Waals surface area contributed by atoms with Gasteiger partial charge >= 0.3 is 0 Å². The van der Waals surface area contributed by atoms with E-state index in [9.17, 15) is 9.18 Å². The largest absolute Gasteiger partial charge is 0.352 e. The van der Waals surface area contributed by atoms with Crippen LogP contribution in [0.5, 0.6) is 0 Å². The number of aryl methyl sites for hydroxylation is 1. The fourth-order valence-electron chi connectivity index (χ4n) is 3.57. The van der Waals surface area contributed by atoms with E-state index in [0.29, 0.717) is 11.0 Å². The number of hydrogen-bond donors (Lipinski definition) is 1. The number of thioether (sulfide) groups is 1. The Morgan fingerprint density at radius 3 is 2.36 bits per heavy atom. The summed E-state index contributed by atoms with van der Waals surface area (Å²) in [5.74, 6) is 0.260. The molecule has 166 valence electrons. The summed E-state index contributed by atoms with van der Waals surface area (Å²) in [5, 5.41) is 12.0. The molecule has 0 bridgehead atoms. The smallest absolute Gasteiger partial charge is 0.238 e. The quantitative estimate of drug-likeness (QED) is 0.372. The van der Waals surface area contributed by atoms with Gasteiger partial charge in [0.25, 0.3) is 0 Å². The molecule has 0 aliphatic heterocycles. The lowest BCUT2D eigenvalue weighted by Crippen LogP contribution is -2.30. The van der Waals surface area contributed by atoms with Gasteiger partial charge in [0.2, 0.25) is 5.91 Å². The highest BCUT2D eigenvalue weighted by Gasteiger charge is 2.31. The zero-order valence-electron chi connectivity index (χ0n) is 18.1. The van der Waals surface area contributed by atoms with E-state index in [1.807, 2.05) is 66.1 Å². The van der Waals surface area contributed by atoms with Crippen molar-refractivity contribution in [3.8, 4) is 17.1 Å². The predicted octanol–water partition coefficient (Wildman–Crippen LogP) is 5.49. The molecule has 1 fully saturated rings. The van der Waals surface area contributed by atoms with Crippen molar-refractivity contribution in [2.24, 2.45) is 0 Å². The van der Waals surface area contributed by atoms with Crippen LogP contribution in [-0.2, 0) is 4.79 Å². The number of aromatic nitrogens is 3. The van der Waals surface area contributed by atoms with Gasteiger partial charge in [-0.15, -0.1) is 10.2 Å². The number of carbonyl (C=O) groups is 1. The zero-order chi connectivity index (χ0) is 22.8. The van der Waals surface area contributed by atoms with E-state index in [1.54, 1.807) is 12.1 Å². The van der Waals surface area contributed by atoms with Crippen molar-refractivity contribution in [3.05, 3.63) is 95.8 Å². The number of amides is 1. The van der Waals surface area contributed by atoms with Gasteiger partial charge in [-0.2, -0.15) is 0 Å². The van der Waals surface area contributed by atoms with Crippen molar-refractivity contribution in [2.45, 2.75) is 36.2 Å². The van der Waals surface area contributed by atoms with Gasteiger partial charge in [0, 0.05) is 17.3 Å². The first kappa shape index (κ1) is 21.4. The zero-order valence-corrected chi connectivity index (χ0v) is 18.9. The van der Waals surface area contributed by atoms with E-state index in [2.05, 4.69) is 15.5 Å². The molecule has 3 aromatic carbocycles. The van der Waals surface area contributed by atoms with E-state index in [0.717, 1.165) is 35.2 Å². The van der Waals surface area contributed by atoms with Gasteiger partial charge in [-0.1, -0.05) is 71.9 Å². The van der Waals surface area contributed by atoms with Crippen molar-refractivity contribution >= 4 is 17.7 Å². The number of rotatable bonds is 7. The fourth-order valence-corrected chi connectivity index (χ4v) is 4.63. The Kier molecular flexibility index (Phi) is 5.96. The molecule has 1 aromatic heterocycles. The van der Waals surface area contributed by atoms with E-state index >= 15 is 0 Å². The second-order valence-electron chi connectivity index (χ2n) is 8.18. The van der Waals surface area contributed by atoms with Gasteiger partial charge < -0.3 is 5.32 Å². The highest BCUT2D eigenvalue weighted by atomic mass is 32.2. The van der Waals surface area contributed by atoms with Crippen LogP contribution in [0.2, 0.25) is 0 Å². The molecule has 1 amide bonds. The van der Waals surface area contributed by atoms with E-state index in [-0.39, 0.29) is 17.8 Å². The van der Waals surface area contributed by atoms with Crippen LogP contribution in [0.4, 0.5) is 4.39 Å². The molecule has 0 saturated heterocycles. The van der Waals surface area contributed by atoms with Crippen molar-refractivity contribution in [3.63, 3.8) is 0 Å². The van der Waals surface area contributed by atoms with Gasteiger partial charge in [-0.25, -0.2) is 4.39 Å². The van der Waals surface area contributed by atoms with Crippen LogP contribution in [0.15, 0.2) is 84.0 Å². The van der Waals surface area contributed by atoms with Crippen LogP contribution in [0.25, 0.3) is 17.1 Å². The number of hydrogen-bond acceptors (Lipinski definition) is 4. The Morgan fingerprint density at radius 1 is 1.00 bits per heavy atom. The number of halogens is 1. The maximum absolute atomic E-state index is 13.6. The third-order valence-corrected chi connectivity index (χ3v) is 6.71. The van der Waals surface area contributed by atoms with Crippen LogP contribution in [0, 0.1) is 12.7 Å². The minimum absolute atomic E-state index is 0.103. The summed E-state index contributed by atoms with van der Waals surface area (Å²) in [7, 11) is 0. The molecule has 1 atom stereocenters. The van der Waals surface area contributed by atoms with Gasteiger partial charge in [0.05, 0.1) is 0 Å². The molecular formula is C26H23FN4OS. The van der Waals surface area contributed by atoms with E-state index < -0.39 is 5.25 Å². The Balaban J connectivity index is 1.57. The molecule has 5 nitrogen and oxygen atoms in total. The summed E-state index contributed by atoms with van der Waals surface area (Å²) in [6.07, 6.45) is 1.98. The highest BCUT2D eigenvalue weighted by Crippen LogP contribution is 2.38. The Morgan fingerprint density at radius 2 is 1.70 bits per heavy atom. The van der Waals surface area contributed by atoms with Crippen molar-refractivity contribution in [1.29, 1.82) is 0 Å². The average molecular weight is 459 g/mol. The Bertz CT molecular complexity index is 1250.